The third kappa shape index (κ3) is 3.05. The molecule has 0 aliphatic rings. The molecule has 92 valence electrons. The Morgan fingerprint density at radius 2 is 2.00 bits per heavy atom. The highest BCUT2D eigenvalue weighted by atomic mass is 32.1. The summed E-state index contributed by atoms with van der Waals surface area (Å²) in [5.41, 5.74) is 8.85. The number of anilines is 1. The van der Waals surface area contributed by atoms with E-state index in [1.165, 1.54) is 5.56 Å². The molecule has 1 aromatic carbocycles. The summed E-state index contributed by atoms with van der Waals surface area (Å²) in [6.07, 6.45) is 3.58. The van der Waals surface area contributed by atoms with Gasteiger partial charge in [-0.1, -0.05) is 30.4 Å². The molecule has 0 unspecified atom stereocenters. The lowest BCUT2D eigenvalue weighted by Crippen LogP contribution is -2.17. The molecule has 3 nitrogen and oxygen atoms in total. The van der Waals surface area contributed by atoms with Gasteiger partial charge < -0.3 is 10.6 Å². The molecule has 0 fully saturated rings. The first kappa shape index (κ1) is 12.5. The Hall–Kier alpha value is -1.94. The number of nitrogens with zero attached hydrogens (tertiary/aromatic N) is 2. The van der Waals surface area contributed by atoms with Crippen LogP contribution in [0.3, 0.4) is 0 Å². The van der Waals surface area contributed by atoms with E-state index in [1.807, 2.05) is 37.4 Å². The number of aromatic nitrogens is 1. The van der Waals surface area contributed by atoms with Crippen LogP contribution in [-0.4, -0.2) is 17.0 Å². The van der Waals surface area contributed by atoms with Gasteiger partial charge in [-0.2, -0.15) is 0 Å². The maximum absolute atomic E-state index is 5.63. The van der Waals surface area contributed by atoms with Crippen LogP contribution in [-0.2, 0) is 6.54 Å². The van der Waals surface area contributed by atoms with Crippen LogP contribution in [0.5, 0.6) is 0 Å². The van der Waals surface area contributed by atoms with Crippen molar-refractivity contribution in [3.63, 3.8) is 0 Å². The van der Waals surface area contributed by atoms with E-state index in [2.05, 4.69) is 16.0 Å². The number of thiocarbonyl (C=S) groups is 1. The number of pyridine rings is 1. The average Bonchev–Trinajstić information content (AvgIpc) is 2.40. The highest BCUT2D eigenvalue weighted by molar-refractivity contribution is 7.80. The smallest absolute Gasteiger partial charge is 0.103 e. The van der Waals surface area contributed by atoms with Crippen molar-refractivity contribution in [3.8, 4) is 0 Å². The zero-order chi connectivity index (χ0) is 13.0. The van der Waals surface area contributed by atoms with Crippen LogP contribution in [0.25, 0.3) is 0 Å². The number of rotatable bonds is 4. The van der Waals surface area contributed by atoms with E-state index in [-0.39, 0.29) is 0 Å². The van der Waals surface area contributed by atoms with Gasteiger partial charge in [-0.05, 0) is 23.8 Å². The standard InChI is InChI=1S/C14H15N3S/c1-17(13-5-7-16-8-6-13)10-11-3-2-4-12(9-11)14(15)18/h2-9H,10H2,1H3,(H2,15,18). The summed E-state index contributed by atoms with van der Waals surface area (Å²) >= 11 is 4.98. The van der Waals surface area contributed by atoms with Crippen molar-refractivity contribution in [3.05, 3.63) is 59.9 Å². The molecule has 0 bridgehead atoms. The average molecular weight is 257 g/mol. The second-order valence-electron chi connectivity index (χ2n) is 4.13. The lowest BCUT2D eigenvalue weighted by Gasteiger charge is -2.19. The molecule has 0 saturated carbocycles. The first-order valence-electron chi connectivity index (χ1n) is 5.67. The van der Waals surface area contributed by atoms with Crippen LogP contribution < -0.4 is 10.6 Å². The highest BCUT2D eigenvalue weighted by Gasteiger charge is 2.03. The molecule has 0 atom stereocenters. The van der Waals surface area contributed by atoms with Crippen LogP contribution in [0, 0.1) is 0 Å². The second-order valence-corrected chi connectivity index (χ2v) is 4.57. The zero-order valence-electron chi connectivity index (χ0n) is 10.2. The Balaban J connectivity index is 2.14. The highest BCUT2D eigenvalue weighted by Crippen LogP contribution is 2.14. The normalized spacial score (nSPS) is 10.1. The molecule has 0 radical (unpaired) electrons. The van der Waals surface area contributed by atoms with Crippen molar-refractivity contribution >= 4 is 22.9 Å². The topological polar surface area (TPSA) is 42.1 Å². The molecule has 2 N–H and O–H groups in total. The van der Waals surface area contributed by atoms with E-state index in [4.69, 9.17) is 18.0 Å². The number of hydrogen-bond acceptors (Lipinski definition) is 3. The van der Waals surface area contributed by atoms with E-state index >= 15 is 0 Å². The predicted octanol–water partition coefficient (Wildman–Crippen LogP) is 2.35. The Kier molecular flexibility index (Phi) is 3.89. The van der Waals surface area contributed by atoms with Crippen molar-refractivity contribution in [2.24, 2.45) is 5.73 Å². The van der Waals surface area contributed by atoms with Crippen molar-refractivity contribution in [1.29, 1.82) is 0 Å². The molecule has 0 amide bonds. The number of hydrogen-bond donors (Lipinski definition) is 1. The van der Waals surface area contributed by atoms with Gasteiger partial charge in [-0.3, -0.25) is 4.98 Å². The molecule has 2 aromatic rings. The first-order chi connectivity index (χ1) is 8.66. The maximum Gasteiger partial charge on any atom is 0.103 e. The summed E-state index contributed by atoms with van der Waals surface area (Å²) in [6.45, 7) is 0.806. The SMILES string of the molecule is CN(Cc1cccc(C(N)=S)c1)c1ccncc1. The van der Waals surface area contributed by atoms with Gasteiger partial charge in [-0.25, -0.2) is 0 Å². The monoisotopic (exact) mass is 257 g/mol. The maximum atomic E-state index is 5.63. The summed E-state index contributed by atoms with van der Waals surface area (Å²) in [5.74, 6) is 0. The fraction of sp³-hybridized carbons (Fsp3) is 0.143. The Morgan fingerprint density at radius 1 is 1.28 bits per heavy atom. The summed E-state index contributed by atoms with van der Waals surface area (Å²) in [4.78, 5) is 6.60. The summed E-state index contributed by atoms with van der Waals surface area (Å²) < 4.78 is 0. The van der Waals surface area contributed by atoms with Crippen LogP contribution >= 0.6 is 12.2 Å². The van der Waals surface area contributed by atoms with E-state index in [0.29, 0.717) is 4.99 Å². The molecule has 1 heterocycles. The van der Waals surface area contributed by atoms with Gasteiger partial charge in [0.15, 0.2) is 0 Å². The Morgan fingerprint density at radius 3 is 2.67 bits per heavy atom. The van der Waals surface area contributed by atoms with Crippen LogP contribution in [0.4, 0.5) is 5.69 Å². The van der Waals surface area contributed by atoms with Gasteiger partial charge >= 0.3 is 0 Å². The van der Waals surface area contributed by atoms with Gasteiger partial charge in [-0.15, -0.1) is 0 Å². The zero-order valence-corrected chi connectivity index (χ0v) is 11.0. The van der Waals surface area contributed by atoms with Gasteiger partial charge in [0, 0.05) is 37.2 Å². The second kappa shape index (κ2) is 5.60. The summed E-state index contributed by atoms with van der Waals surface area (Å²) in [7, 11) is 2.04. The Labute approximate surface area is 112 Å². The van der Waals surface area contributed by atoms with Crippen molar-refractivity contribution in [2.45, 2.75) is 6.54 Å². The van der Waals surface area contributed by atoms with Crippen molar-refractivity contribution in [2.75, 3.05) is 11.9 Å². The van der Waals surface area contributed by atoms with Gasteiger partial charge in [0.2, 0.25) is 0 Å². The summed E-state index contributed by atoms with van der Waals surface area (Å²) in [6, 6.07) is 12.0. The molecule has 1 aromatic heterocycles. The van der Waals surface area contributed by atoms with Crippen LogP contribution in [0.15, 0.2) is 48.8 Å². The predicted molar refractivity (Wildman–Crippen MR) is 78.7 cm³/mol. The van der Waals surface area contributed by atoms with Gasteiger partial charge in [0.1, 0.15) is 4.99 Å². The Bertz CT molecular complexity index is 540. The number of benzene rings is 1. The minimum Gasteiger partial charge on any atom is -0.389 e. The van der Waals surface area contributed by atoms with Gasteiger partial charge in [0.05, 0.1) is 0 Å². The minimum atomic E-state index is 0.434. The van der Waals surface area contributed by atoms with E-state index in [0.717, 1.165) is 17.8 Å². The minimum absolute atomic E-state index is 0.434. The molecule has 0 saturated heterocycles. The molecular weight excluding hydrogens is 242 g/mol. The van der Waals surface area contributed by atoms with E-state index < -0.39 is 0 Å². The lowest BCUT2D eigenvalue weighted by molar-refractivity contribution is 0.920. The van der Waals surface area contributed by atoms with E-state index in [1.54, 1.807) is 12.4 Å². The van der Waals surface area contributed by atoms with Crippen LogP contribution in [0.2, 0.25) is 0 Å². The molecular formula is C14H15N3S. The molecule has 0 aliphatic carbocycles. The number of nitrogens with two attached hydrogens (primary N) is 1. The molecule has 0 aliphatic heterocycles. The molecule has 0 spiro atoms. The fourth-order valence-electron chi connectivity index (χ4n) is 1.79. The molecule has 2 rings (SSSR count). The third-order valence-corrected chi connectivity index (χ3v) is 2.97. The largest absolute Gasteiger partial charge is 0.389 e. The quantitative estimate of drug-likeness (QED) is 0.854. The van der Waals surface area contributed by atoms with Crippen molar-refractivity contribution in [1.82, 2.24) is 4.98 Å². The van der Waals surface area contributed by atoms with E-state index in [9.17, 15) is 0 Å². The first-order valence-corrected chi connectivity index (χ1v) is 6.07. The summed E-state index contributed by atoms with van der Waals surface area (Å²) in [5, 5.41) is 0. The van der Waals surface area contributed by atoms with Crippen molar-refractivity contribution < 1.29 is 0 Å². The molecule has 4 heteroatoms. The third-order valence-electron chi connectivity index (χ3n) is 2.73. The van der Waals surface area contributed by atoms with Crippen LogP contribution in [0.1, 0.15) is 11.1 Å². The fourth-order valence-corrected chi connectivity index (χ4v) is 1.91. The van der Waals surface area contributed by atoms with Gasteiger partial charge in [0.25, 0.3) is 0 Å². The molecule has 18 heavy (non-hydrogen) atoms. The lowest BCUT2D eigenvalue weighted by atomic mass is 10.1.